The first-order valence-corrected chi connectivity index (χ1v) is 6.81. The molecule has 1 rings (SSSR count). The number of carbonyl (C=O) groups is 1. The van der Waals surface area contributed by atoms with Crippen molar-refractivity contribution in [3.63, 3.8) is 0 Å². The molecular formula is C11H15ClN2O2S. The van der Waals surface area contributed by atoms with Gasteiger partial charge in [-0.25, -0.2) is 4.98 Å². The first kappa shape index (κ1) is 14.3. The Morgan fingerprint density at radius 2 is 2.35 bits per heavy atom. The molecule has 0 aliphatic carbocycles. The lowest BCUT2D eigenvalue weighted by Crippen LogP contribution is -2.41. The van der Waals surface area contributed by atoms with E-state index >= 15 is 0 Å². The minimum atomic E-state index is -0.262. The number of thioether (sulfide) groups is 1. The van der Waals surface area contributed by atoms with Gasteiger partial charge in [-0.2, -0.15) is 11.8 Å². The average Bonchev–Trinajstić information content (AvgIpc) is 2.31. The van der Waals surface area contributed by atoms with Crippen LogP contribution in [-0.4, -0.2) is 40.2 Å². The van der Waals surface area contributed by atoms with Crippen LogP contribution in [0.15, 0.2) is 18.3 Å². The highest BCUT2D eigenvalue weighted by atomic mass is 35.5. The van der Waals surface area contributed by atoms with Crippen LogP contribution in [0.2, 0.25) is 5.02 Å². The third-order valence-corrected chi connectivity index (χ3v) is 3.75. The molecule has 2 N–H and O–H groups in total. The number of pyridine rings is 1. The number of amides is 1. The number of rotatable bonds is 5. The Bertz CT molecular complexity index is 368. The molecule has 0 radical (unpaired) electrons. The molecular weight excluding hydrogens is 260 g/mol. The molecule has 0 fully saturated rings. The molecule has 0 aromatic carbocycles. The van der Waals surface area contributed by atoms with E-state index in [-0.39, 0.29) is 23.8 Å². The van der Waals surface area contributed by atoms with Gasteiger partial charge in [0.25, 0.3) is 5.91 Å². The van der Waals surface area contributed by atoms with Crippen molar-refractivity contribution < 1.29 is 9.90 Å². The molecule has 2 atom stereocenters. The molecule has 1 aromatic heterocycles. The van der Waals surface area contributed by atoms with E-state index in [1.54, 1.807) is 12.1 Å². The standard InChI is InChI=1S/C11H15ClN2O2S/c1-7(10(6-15)17-2)14-11(16)9-4-3-8(12)5-13-9/h3-5,7,10,15H,6H2,1-2H3,(H,14,16)/t7-,10-/m1/s1. The van der Waals surface area contributed by atoms with Gasteiger partial charge in [-0.1, -0.05) is 11.6 Å². The quantitative estimate of drug-likeness (QED) is 0.856. The van der Waals surface area contributed by atoms with E-state index in [9.17, 15) is 4.79 Å². The van der Waals surface area contributed by atoms with Crippen LogP contribution in [0.3, 0.4) is 0 Å². The zero-order chi connectivity index (χ0) is 12.8. The predicted octanol–water partition coefficient (Wildman–Crippen LogP) is 1.58. The van der Waals surface area contributed by atoms with Gasteiger partial charge in [-0.3, -0.25) is 4.79 Å². The first-order chi connectivity index (χ1) is 8.08. The van der Waals surface area contributed by atoms with Crippen LogP contribution in [0.4, 0.5) is 0 Å². The normalized spacial score (nSPS) is 14.1. The Morgan fingerprint density at radius 3 is 2.82 bits per heavy atom. The lowest BCUT2D eigenvalue weighted by molar-refractivity contribution is 0.0931. The summed E-state index contributed by atoms with van der Waals surface area (Å²) in [5, 5.41) is 12.4. The number of aliphatic hydroxyl groups excluding tert-OH is 1. The maximum atomic E-state index is 11.8. The summed E-state index contributed by atoms with van der Waals surface area (Å²) >= 11 is 7.20. The van der Waals surface area contributed by atoms with Crippen LogP contribution in [0.1, 0.15) is 17.4 Å². The first-order valence-electron chi connectivity index (χ1n) is 5.14. The maximum absolute atomic E-state index is 11.8. The summed E-state index contributed by atoms with van der Waals surface area (Å²) in [5.41, 5.74) is 0.319. The molecule has 0 bridgehead atoms. The molecule has 0 saturated heterocycles. The van der Waals surface area contributed by atoms with Crippen molar-refractivity contribution in [1.82, 2.24) is 10.3 Å². The van der Waals surface area contributed by atoms with E-state index in [0.29, 0.717) is 10.7 Å². The number of hydrogen-bond acceptors (Lipinski definition) is 4. The summed E-state index contributed by atoms with van der Waals surface area (Å²) in [6, 6.07) is 3.06. The highest BCUT2D eigenvalue weighted by Gasteiger charge is 2.18. The fourth-order valence-electron chi connectivity index (χ4n) is 1.32. The van der Waals surface area contributed by atoms with Crippen molar-refractivity contribution in [3.8, 4) is 0 Å². The SMILES string of the molecule is CS[C@H](CO)[C@@H](C)NC(=O)c1ccc(Cl)cn1. The highest BCUT2D eigenvalue weighted by Crippen LogP contribution is 2.11. The molecule has 17 heavy (non-hydrogen) atoms. The van der Waals surface area contributed by atoms with E-state index in [2.05, 4.69) is 10.3 Å². The fraction of sp³-hybridized carbons (Fsp3) is 0.455. The van der Waals surface area contributed by atoms with Crippen molar-refractivity contribution in [3.05, 3.63) is 29.0 Å². The van der Waals surface area contributed by atoms with Crippen molar-refractivity contribution >= 4 is 29.3 Å². The Labute approximate surface area is 110 Å². The maximum Gasteiger partial charge on any atom is 0.270 e. The number of carbonyl (C=O) groups excluding carboxylic acids is 1. The van der Waals surface area contributed by atoms with E-state index in [1.807, 2.05) is 13.2 Å². The number of aromatic nitrogens is 1. The molecule has 1 aromatic rings. The minimum Gasteiger partial charge on any atom is -0.395 e. The van der Waals surface area contributed by atoms with E-state index in [4.69, 9.17) is 16.7 Å². The number of nitrogens with one attached hydrogen (secondary N) is 1. The van der Waals surface area contributed by atoms with Gasteiger partial charge in [0.1, 0.15) is 5.69 Å². The Morgan fingerprint density at radius 1 is 1.65 bits per heavy atom. The van der Waals surface area contributed by atoms with Crippen molar-refractivity contribution in [1.29, 1.82) is 0 Å². The second kappa shape index (κ2) is 6.83. The van der Waals surface area contributed by atoms with Gasteiger partial charge in [0.15, 0.2) is 0 Å². The summed E-state index contributed by atoms with van der Waals surface area (Å²) in [4.78, 5) is 15.7. The van der Waals surface area contributed by atoms with Gasteiger partial charge in [0.2, 0.25) is 0 Å². The average molecular weight is 275 g/mol. The van der Waals surface area contributed by atoms with Gasteiger partial charge in [-0.05, 0) is 25.3 Å². The second-order valence-electron chi connectivity index (χ2n) is 3.58. The Balaban J connectivity index is 2.62. The summed E-state index contributed by atoms with van der Waals surface area (Å²) in [6.45, 7) is 1.88. The molecule has 6 heteroatoms. The topological polar surface area (TPSA) is 62.2 Å². The second-order valence-corrected chi connectivity index (χ2v) is 5.09. The molecule has 0 aliphatic rings. The number of nitrogens with zero attached hydrogens (tertiary/aromatic N) is 1. The monoisotopic (exact) mass is 274 g/mol. The van der Waals surface area contributed by atoms with Crippen LogP contribution in [0.25, 0.3) is 0 Å². The molecule has 0 spiro atoms. The highest BCUT2D eigenvalue weighted by molar-refractivity contribution is 7.99. The van der Waals surface area contributed by atoms with Crippen LogP contribution >= 0.6 is 23.4 Å². The number of aliphatic hydroxyl groups is 1. The lowest BCUT2D eigenvalue weighted by atomic mass is 10.2. The molecule has 1 amide bonds. The van der Waals surface area contributed by atoms with E-state index in [0.717, 1.165) is 0 Å². The molecule has 0 saturated carbocycles. The van der Waals surface area contributed by atoms with Crippen LogP contribution < -0.4 is 5.32 Å². The smallest absolute Gasteiger partial charge is 0.270 e. The third kappa shape index (κ3) is 4.18. The molecule has 94 valence electrons. The minimum absolute atomic E-state index is 0.0220. The largest absolute Gasteiger partial charge is 0.395 e. The summed E-state index contributed by atoms with van der Waals surface area (Å²) in [6.07, 6.45) is 3.32. The number of hydrogen-bond donors (Lipinski definition) is 2. The molecule has 0 aliphatic heterocycles. The van der Waals surface area contributed by atoms with Crippen molar-refractivity contribution in [2.45, 2.75) is 18.2 Å². The Hall–Kier alpha value is -0.780. The van der Waals surface area contributed by atoms with Crippen molar-refractivity contribution in [2.75, 3.05) is 12.9 Å². The van der Waals surface area contributed by atoms with Gasteiger partial charge in [-0.15, -0.1) is 0 Å². The molecule has 4 nitrogen and oxygen atoms in total. The van der Waals surface area contributed by atoms with Gasteiger partial charge >= 0.3 is 0 Å². The van der Waals surface area contributed by atoms with Crippen LogP contribution in [0, 0.1) is 0 Å². The summed E-state index contributed by atoms with van der Waals surface area (Å²) in [5.74, 6) is -0.262. The summed E-state index contributed by atoms with van der Waals surface area (Å²) in [7, 11) is 0. The number of halogens is 1. The summed E-state index contributed by atoms with van der Waals surface area (Å²) < 4.78 is 0. The Kier molecular flexibility index (Phi) is 5.74. The molecule has 0 unspecified atom stereocenters. The van der Waals surface area contributed by atoms with E-state index < -0.39 is 0 Å². The molecule has 1 heterocycles. The van der Waals surface area contributed by atoms with E-state index in [1.165, 1.54) is 18.0 Å². The van der Waals surface area contributed by atoms with Gasteiger partial charge < -0.3 is 10.4 Å². The zero-order valence-corrected chi connectivity index (χ0v) is 11.3. The van der Waals surface area contributed by atoms with Gasteiger partial charge in [0.05, 0.1) is 11.6 Å². The zero-order valence-electron chi connectivity index (χ0n) is 9.68. The fourth-order valence-corrected chi connectivity index (χ4v) is 2.06. The van der Waals surface area contributed by atoms with Crippen LogP contribution in [-0.2, 0) is 0 Å². The predicted molar refractivity (Wildman–Crippen MR) is 70.6 cm³/mol. The van der Waals surface area contributed by atoms with Crippen LogP contribution in [0.5, 0.6) is 0 Å². The lowest BCUT2D eigenvalue weighted by Gasteiger charge is -2.20. The van der Waals surface area contributed by atoms with Gasteiger partial charge in [0, 0.05) is 17.5 Å². The van der Waals surface area contributed by atoms with Crippen molar-refractivity contribution in [2.24, 2.45) is 0 Å². The third-order valence-electron chi connectivity index (χ3n) is 2.36.